The van der Waals surface area contributed by atoms with Crippen molar-refractivity contribution in [3.63, 3.8) is 0 Å². The molecule has 144 valence electrons. The third-order valence-electron chi connectivity index (χ3n) is 5.48. The Morgan fingerprint density at radius 3 is 2.38 bits per heavy atom. The lowest BCUT2D eigenvalue weighted by molar-refractivity contribution is -0.127. The lowest BCUT2D eigenvalue weighted by Gasteiger charge is -2.34. The maximum Gasteiger partial charge on any atom is 0.243 e. The van der Waals surface area contributed by atoms with Gasteiger partial charge in [-0.3, -0.25) is 4.79 Å². The summed E-state index contributed by atoms with van der Waals surface area (Å²) < 4.78 is 27.2. The molecule has 6 nitrogen and oxygen atoms in total. The SMILES string of the molecule is Cc1ccc(S(=O)(=O)N2CCC[C@@H](C(=O)NC3CCN(C)CC3)C2)cc1. The molecule has 0 radical (unpaired) electrons. The molecule has 2 saturated heterocycles. The standard InChI is InChI=1S/C19H29N3O3S/c1-15-5-7-18(8-6-15)26(24,25)22-11-3-4-16(14-22)19(23)20-17-9-12-21(2)13-10-17/h5-8,16-17H,3-4,9-14H2,1-2H3,(H,20,23)/t16-/m1/s1. The highest BCUT2D eigenvalue weighted by molar-refractivity contribution is 7.89. The van der Waals surface area contributed by atoms with Gasteiger partial charge >= 0.3 is 0 Å². The Kier molecular flexibility index (Phi) is 5.99. The van der Waals surface area contributed by atoms with E-state index in [1.165, 1.54) is 4.31 Å². The number of hydrogen-bond acceptors (Lipinski definition) is 4. The van der Waals surface area contributed by atoms with Gasteiger partial charge in [0.1, 0.15) is 0 Å². The van der Waals surface area contributed by atoms with Crippen LogP contribution in [0.3, 0.4) is 0 Å². The summed E-state index contributed by atoms with van der Waals surface area (Å²) in [5, 5.41) is 3.14. The van der Waals surface area contributed by atoms with Crippen LogP contribution < -0.4 is 5.32 Å². The normalized spacial score (nSPS) is 23.7. The molecule has 2 aliphatic rings. The van der Waals surface area contributed by atoms with Crippen LogP contribution >= 0.6 is 0 Å². The number of aryl methyl sites for hydroxylation is 1. The lowest BCUT2D eigenvalue weighted by Crippen LogP contribution is -2.49. The molecule has 0 spiro atoms. The lowest BCUT2D eigenvalue weighted by atomic mass is 9.97. The van der Waals surface area contributed by atoms with Crippen molar-refractivity contribution in [2.75, 3.05) is 33.2 Å². The third-order valence-corrected chi connectivity index (χ3v) is 7.36. The summed E-state index contributed by atoms with van der Waals surface area (Å²) in [4.78, 5) is 15.2. The van der Waals surface area contributed by atoms with Crippen LogP contribution in [-0.2, 0) is 14.8 Å². The highest BCUT2D eigenvalue weighted by atomic mass is 32.2. The molecule has 3 rings (SSSR count). The minimum atomic E-state index is -3.54. The highest BCUT2D eigenvalue weighted by Gasteiger charge is 2.34. The molecule has 1 aromatic rings. The zero-order valence-electron chi connectivity index (χ0n) is 15.6. The molecule has 26 heavy (non-hydrogen) atoms. The van der Waals surface area contributed by atoms with Crippen LogP contribution in [0, 0.1) is 12.8 Å². The number of hydrogen-bond donors (Lipinski definition) is 1. The first-order valence-electron chi connectivity index (χ1n) is 9.42. The average molecular weight is 380 g/mol. The van der Waals surface area contributed by atoms with Crippen molar-refractivity contribution < 1.29 is 13.2 Å². The largest absolute Gasteiger partial charge is 0.353 e. The third kappa shape index (κ3) is 4.45. The monoisotopic (exact) mass is 379 g/mol. The molecular formula is C19H29N3O3S. The summed E-state index contributed by atoms with van der Waals surface area (Å²) in [5.74, 6) is -0.257. The first-order chi connectivity index (χ1) is 12.4. The van der Waals surface area contributed by atoms with E-state index < -0.39 is 10.0 Å². The molecule has 1 N–H and O–H groups in total. The number of nitrogens with one attached hydrogen (secondary N) is 1. The molecule has 0 saturated carbocycles. The van der Waals surface area contributed by atoms with Gasteiger partial charge in [0.2, 0.25) is 15.9 Å². The van der Waals surface area contributed by atoms with E-state index in [-0.39, 0.29) is 24.4 Å². The number of nitrogens with zero attached hydrogens (tertiary/aromatic N) is 2. The van der Waals surface area contributed by atoms with Gasteiger partial charge in [-0.05, 0) is 64.9 Å². The first kappa shape index (κ1) is 19.3. The molecule has 0 aromatic heterocycles. The number of likely N-dealkylation sites (tertiary alicyclic amines) is 1. The number of benzene rings is 1. The van der Waals surface area contributed by atoms with Gasteiger partial charge in [-0.25, -0.2) is 8.42 Å². The van der Waals surface area contributed by atoms with Crippen molar-refractivity contribution in [3.8, 4) is 0 Å². The van der Waals surface area contributed by atoms with Crippen LogP contribution in [0.1, 0.15) is 31.2 Å². The fourth-order valence-electron chi connectivity index (χ4n) is 3.71. The van der Waals surface area contributed by atoms with Crippen molar-refractivity contribution in [2.45, 2.75) is 43.5 Å². The minimum Gasteiger partial charge on any atom is -0.353 e. The van der Waals surface area contributed by atoms with Crippen LogP contribution in [-0.4, -0.2) is 62.8 Å². The van der Waals surface area contributed by atoms with Crippen LogP contribution in [0.4, 0.5) is 0 Å². The van der Waals surface area contributed by atoms with Crippen molar-refractivity contribution in [1.29, 1.82) is 0 Å². The molecule has 2 aliphatic heterocycles. The minimum absolute atomic E-state index is 0.00311. The zero-order valence-corrected chi connectivity index (χ0v) is 16.5. The highest BCUT2D eigenvalue weighted by Crippen LogP contribution is 2.24. The number of carbonyl (C=O) groups is 1. The van der Waals surface area contributed by atoms with E-state index in [0.717, 1.165) is 44.3 Å². The Morgan fingerprint density at radius 1 is 1.08 bits per heavy atom. The van der Waals surface area contributed by atoms with E-state index in [9.17, 15) is 13.2 Å². The number of sulfonamides is 1. The van der Waals surface area contributed by atoms with Crippen molar-refractivity contribution in [2.24, 2.45) is 5.92 Å². The van der Waals surface area contributed by atoms with E-state index in [0.29, 0.717) is 11.4 Å². The molecule has 0 unspecified atom stereocenters. The molecule has 1 amide bonds. The summed E-state index contributed by atoms with van der Waals surface area (Å²) in [7, 11) is -1.45. The number of piperidine rings is 2. The Balaban J connectivity index is 1.63. The zero-order chi connectivity index (χ0) is 18.7. The van der Waals surface area contributed by atoms with Gasteiger partial charge in [-0.1, -0.05) is 17.7 Å². The smallest absolute Gasteiger partial charge is 0.243 e. The van der Waals surface area contributed by atoms with Crippen molar-refractivity contribution in [1.82, 2.24) is 14.5 Å². The summed E-state index contributed by atoms with van der Waals surface area (Å²) in [5.41, 5.74) is 1.03. The molecule has 0 aliphatic carbocycles. The van der Waals surface area contributed by atoms with Gasteiger partial charge in [0, 0.05) is 19.1 Å². The second-order valence-corrected chi connectivity index (χ2v) is 9.54. The van der Waals surface area contributed by atoms with Gasteiger partial charge in [0.15, 0.2) is 0 Å². The molecule has 1 atom stereocenters. The van der Waals surface area contributed by atoms with Crippen LogP contribution in [0.2, 0.25) is 0 Å². The summed E-state index contributed by atoms with van der Waals surface area (Å²) in [6.45, 7) is 4.66. The molecule has 2 fully saturated rings. The van der Waals surface area contributed by atoms with E-state index in [1.54, 1.807) is 24.3 Å². The van der Waals surface area contributed by atoms with E-state index in [1.807, 2.05) is 6.92 Å². The summed E-state index contributed by atoms with van der Waals surface area (Å²) >= 11 is 0. The second kappa shape index (κ2) is 8.06. The summed E-state index contributed by atoms with van der Waals surface area (Å²) in [6, 6.07) is 7.12. The molecular weight excluding hydrogens is 350 g/mol. The predicted octanol–water partition coefficient (Wildman–Crippen LogP) is 1.61. The first-order valence-corrected chi connectivity index (χ1v) is 10.9. The van der Waals surface area contributed by atoms with Gasteiger partial charge in [-0.2, -0.15) is 4.31 Å². The molecule has 2 heterocycles. The van der Waals surface area contributed by atoms with Crippen LogP contribution in [0.5, 0.6) is 0 Å². The van der Waals surface area contributed by atoms with Crippen molar-refractivity contribution >= 4 is 15.9 Å². The quantitative estimate of drug-likeness (QED) is 0.863. The maximum atomic E-state index is 12.9. The average Bonchev–Trinajstić information content (AvgIpc) is 2.64. The number of amides is 1. The van der Waals surface area contributed by atoms with Crippen LogP contribution in [0.15, 0.2) is 29.2 Å². The van der Waals surface area contributed by atoms with E-state index in [2.05, 4.69) is 17.3 Å². The Hall–Kier alpha value is -1.44. The fraction of sp³-hybridized carbons (Fsp3) is 0.632. The molecule has 1 aromatic carbocycles. The van der Waals surface area contributed by atoms with Gasteiger partial charge < -0.3 is 10.2 Å². The Bertz CT molecular complexity index is 725. The predicted molar refractivity (Wildman–Crippen MR) is 101 cm³/mol. The number of carbonyl (C=O) groups excluding carboxylic acids is 1. The maximum absolute atomic E-state index is 12.9. The molecule has 0 bridgehead atoms. The fourth-order valence-corrected chi connectivity index (χ4v) is 5.23. The van der Waals surface area contributed by atoms with Crippen LogP contribution in [0.25, 0.3) is 0 Å². The van der Waals surface area contributed by atoms with E-state index >= 15 is 0 Å². The second-order valence-electron chi connectivity index (χ2n) is 7.60. The van der Waals surface area contributed by atoms with Crippen molar-refractivity contribution in [3.05, 3.63) is 29.8 Å². The van der Waals surface area contributed by atoms with Gasteiger partial charge in [0.05, 0.1) is 10.8 Å². The number of rotatable bonds is 4. The topological polar surface area (TPSA) is 69.7 Å². The van der Waals surface area contributed by atoms with Gasteiger partial charge in [-0.15, -0.1) is 0 Å². The van der Waals surface area contributed by atoms with Gasteiger partial charge in [0.25, 0.3) is 0 Å². The summed E-state index contributed by atoms with van der Waals surface area (Å²) in [6.07, 6.45) is 3.38. The Labute approximate surface area is 156 Å². The Morgan fingerprint density at radius 2 is 1.73 bits per heavy atom. The van der Waals surface area contributed by atoms with E-state index in [4.69, 9.17) is 0 Å². The molecule has 7 heteroatoms.